The Kier molecular flexibility index (Phi) is 6.78. The number of hydrogen-bond donors (Lipinski definition) is 2. The van der Waals surface area contributed by atoms with Gasteiger partial charge in [-0.05, 0) is 49.5 Å². The van der Waals surface area contributed by atoms with Crippen LogP contribution in [0.3, 0.4) is 0 Å². The number of nitrogens with zero attached hydrogens (tertiary/aromatic N) is 1. The second-order valence-electron chi connectivity index (χ2n) is 5.81. The van der Waals surface area contributed by atoms with Gasteiger partial charge in [0.25, 0.3) is 11.1 Å². The number of nitrogens with one attached hydrogen (secondary N) is 2. The Labute approximate surface area is 157 Å². The lowest BCUT2D eigenvalue weighted by atomic mass is 10.1. The standard InChI is InChI=1S/C18H21N3O2S2/c1-12(2)11-20-17(24)19-8-9-21-16(22)15(25-18(21)23)10-14-6-4-13(3)5-7-14/h4-7,10H,1,8-9,11H2,2-3H3,(H2,19,20,24)/b15-10-. The molecule has 5 nitrogen and oxygen atoms in total. The molecule has 0 atom stereocenters. The number of thiocarbonyl (C=S) groups is 1. The Morgan fingerprint density at radius 3 is 2.60 bits per heavy atom. The van der Waals surface area contributed by atoms with Crippen molar-refractivity contribution < 1.29 is 9.59 Å². The average Bonchev–Trinajstić information content (AvgIpc) is 2.82. The average molecular weight is 376 g/mol. The van der Waals surface area contributed by atoms with Crippen LogP contribution in [0.2, 0.25) is 0 Å². The fraction of sp³-hybridized carbons (Fsp3) is 0.278. The van der Waals surface area contributed by atoms with Gasteiger partial charge in [-0.1, -0.05) is 42.0 Å². The molecule has 0 bridgehead atoms. The van der Waals surface area contributed by atoms with Crippen LogP contribution in [0, 0.1) is 6.92 Å². The van der Waals surface area contributed by atoms with Crippen molar-refractivity contribution >= 4 is 46.3 Å². The Bertz CT molecular complexity index is 726. The zero-order valence-electron chi connectivity index (χ0n) is 14.3. The molecule has 1 heterocycles. The van der Waals surface area contributed by atoms with Gasteiger partial charge < -0.3 is 10.6 Å². The molecule has 0 spiro atoms. The van der Waals surface area contributed by atoms with Gasteiger partial charge in [0.05, 0.1) is 4.91 Å². The first-order valence-corrected chi connectivity index (χ1v) is 9.07. The zero-order chi connectivity index (χ0) is 18.4. The van der Waals surface area contributed by atoms with Gasteiger partial charge >= 0.3 is 0 Å². The van der Waals surface area contributed by atoms with Gasteiger partial charge in [0.2, 0.25) is 0 Å². The Morgan fingerprint density at radius 1 is 1.28 bits per heavy atom. The summed E-state index contributed by atoms with van der Waals surface area (Å²) in [4.78, 5) is 26.2. The van der Waals surface area contributed by atoms with E-state index < -0.39 is 0 Å². The number of carbonyl (C=O) groups excluding carboxylic acids is 2. The Hall–Kier alpha value is -2.12. The van der Waals surface area contributed by atoms with Gasteiger partial charge in [-0.25, -0.2) is 0 Å². The van der Waals surface area contributed by atoms with E-state index in [9.17, 15) is 9.59 Å². The van der Waals surface area contributed by atoms with Gasteiger partial charge in [-0.3, -0.25) is 14.5 Å². The van der Waals surface area contributed by atoms with Crippen LogP contribution in [0.1, 0.15) is 18.1 Å². The lowest BCUT2D eigenvalue weighted by Crippen LogP contribution is -2.41. The summed E-state index contributed by atoms with van der Waals surface area (Å²) in [7, 11) is 0. The SMILES string of the molecule is C=C(C)CNC(=S)NCCN1C(=O)S/C(=C\c2ccc(C)cc2)C1=O. The van der Waals surface area contributed by atoms with Crippen molar-refractivity contribution in [2.45, 2.75) is 13.8 Å². The maximum absolute atomic E-state index is 12.4. The van der Waals surface area contributed by atoms with Crippen LogP contribution in [0.15, 0.2) is 41.3 Å². The fourth-order valence-corrected chi connectivity index (χ4v) is 3.12. The van der Waals surface area contributed by atoms with Gasteiger partial charge in [0, 0.05) is 19.6 Å². The maximum Gasteiger partial charge on any atom is 0.293 e. The van der Waals surface area contributed by atoms with E-state index in [1.165, 1.54) is 4.90 Å². The number of rotatable bonds is 6. The minimum atomic E-state index is -0.266. The zero-order valence-corrected chi connectivity index (χ0v) is 15.9. The number of thioether (sulfide) groups is 1. The van der Waals surface area contributed by atoms with E-state index in [1.54, 1.807) is 6.08 Å². The highest BCUT2D eigenvalue weighted by Crippen LogP contribution is 2.31. The van der Waals surface area contributed by atoms with Crippen molar-refractivity contribution in [3.8, 4) is 0 Å². The summed E-state index contributed by atoms with van der Waals surface area (Å²) in [5, 5.41) is 6.19. The smallest absolute Gasteiger partial charge is 0.293 e. The van der Waals surface area contributed by atoms with E-state index in [0.29, 0.717) is 23.1 Å². The molecule has 1 aromatic carbocycles. The fourth-order valence-electron chi connectivity index (χ4n) is 2.08. The van der Waals surface area contributed by atoms with Crippen molar-refractivity contribution in [3.63, 3.8) is 0 Å². The monoisotopic (exact) mass is 375 g/mol. The molecule has 1 saturated heterocycles. The first-order valence-electron chi connectivity index (χ1n) is 7.85. The van der Waals surface area contributed by atoms with Gasteiger partial charge in [0.1, 0.15) is 0 Å². The predicted octanol–water partition coefficient (Wildman–Crippen LogP) is 3.07. The normalized spacial score (nSPS) is 15.6. The van der Waals surface area contributed by atoms with Crippen molar-refractivity contribution in [2.75, 3.05) is 19.6 Å². The van der Waals surface area contributed by atoms with Crippen LogP contribution in [-0.4, -0.2) is 40.8 Å². The topological polar surface area (TPSA) is 61.4 Å². The van der Waals surface area contributed by atoms with Crippen LogP contribution >= 0.6 is 24.0 Å². The van der Waals surface area contributed by atoms with E-state index >= 15 is 0 Å². The summed E-state index contributed by atoms with van der Waals surface area (Å²) in [6, 6.07) is 7.80. The highest BCUT2D eigenvalue weighted by molar-refractivity contribution is 8.18. The highest BCUT2D eigenvalue weighted by Gasteiger charge is 2.34. The van der Waals surface area contributed by atoms with Crippen molar-refractivity contribution in [3.05, 3.63) is 52.4 Å². The summed E-state index contributed by atoms with van der Waals surface area (Å²) >= 11 is 6.09. The summed E-state index contributed by atoms with van der Waals surface area (Å²) in [6.07, 6.45) is 1.75. The Morgan fingerprint density at radius 2 is 1.96 bits per heavy atom. The lowest BCUT2D eigenvalue weighted by Gasteiger charge is -2.14. The van der Waals surface area contributed by atoms with Crippen molar-refractivity contribution in [1.29, 1.82) is 0 Å². The van der Waals surface area contributed by atoms with Crippen molar-refractivity contribution in [1.82, 2.24) is 15.5 Å². The number of benzene rings is 1. The van der Waals surface area contributed by atoms with E-state index in [4.69, 9.17) is 12.2 Å². The van der Waals surface area contributed by atoms with Crippen LogP contribution in [0.25, 0.3) is 6.08 Å². The molecule has 0 saturated carbocycles. The van der Waals surface area contributed by atoms with Gasteiger partial charge in [0.15, 0.2) is 5.11 Å². The number of hydrogen-bond acceptors (Lipinski definition) is 4. The predicted molar refractivity (Wildman–Crippen MR) is 107 cm³/mol. The first-order chi connectivity index (χ1) is 11.9. The van der Waals surface area contributed by atoms with E-state index in [1.807, 2.05) is 38.1 Å². The summed E-state index contributed by atoms with van der Waals surface area (Å²) in [5.74, 6) is -0.266. The molecule has 7 heteroatoms. The van der Waals surface area contributed by atoms with E-state index in [2.05, 4.69) is 17.2 Å². The molecule has 1 aromatic rings. The molecule has 0 unspecified atom stereocenters. The van der Waals surface area contributed by atoms with Crippen LogP contribution in [0.4, 0.5) is 4.79 Å². The van der Waals surface area contributed by atoms with Crippen LogP contribution in [0.5, 0.6) is 0 Å². The minimum Gasteiger partial charge on any atom is -0.361 e. The number of carbonyl (C=O) groups is 2. The largest absolute Gasteiger partial charge is 0.361 e. The molecule has 1 aliphatic heterocycles. The second-order valence-corrected chi connectivity index (χ2v) is 7.21. The number of amides is 2. The molecule has 2 rings (SSSR count). The number of aryl methyl sites for hydroxylation is 1. The molecule has 0 radical (unpaired) electrons. The van der Waals surface area contributed by atoms with E-state index in [0.717, 1.165) is 28.5 Å². The Balaban J connectivity index is 1.89. The van der Waals surface area contributed by atoms with Gasteiger partial charge in [-0.2, -0.15) is 0 Å². The minimum absolute atomic E-state index is 0.258. The molecule has 2 N–H and O–H groups in total. The van der Waals surface area contributed by atoms with Crippen molar-refractivity contribution in [2.24, 2.45) is 0 Å². The molecule has 2 amide bonds. The molecule has 1 aliphatic rings. The first kappa shape index (κ1) is 19.2. The molecule has 1 fully saturated rings. The van der Waals surface area contributed by atoms with Gasteiger partial charge in [-0.15, -0.1) is 0 Å². The molecule has 0 aromatic heterocycles. The van der Waals surface area contributed by atoms with E-state index in [-0.39, 0.29) is 17.7 Å². The molecule has 0 aliphatic carbocycles. The highest BCUT2D eigenvalue weighted by atomic mass is 32.2. The lowest BCUT2D eigenvalue weighted by molar-refractivity contribution is -0.122. The summed E-state index contributed by atoms with van der Waals surface area (Å²) in [5.41, 5.74) is 3.02. The molecule has 132 valence electrons. The summed E-state index contributed by atoms with van der Waals surface area (Å²) < 4.78 is 0. The second kappa shape index (κ2) is 8.82. The van der Waals surface area contributed by atoms with Crippen LogP contribution in [-0.2, 0) is 4.79 Å². The number of imide groups is 1. The summed E-state index contributed by atoms with van der Waals surface area (Å²) in [6.45, 7) is 8.94. The maximum atomic E-state index is 12.4. The molecular formula is C18H21N3O2S2. The van der Waals surface area contributed by atoms with Crippen LogP contribution < -0.4 is 10.6 Å². The molecule has 25 heavy (non-hydrogen) atoms. The molecular weight excluding hydrogens is 354 g/mol. The third-order valence-electron chi connectivity index (χ3n) is 3.42. The third-order valence-corrected chi connectivity index (χ3v) is 4.62. The third kappa shape index (κ3) is 5.72. The quantitative estimate of drug-likeness (QED) is 0.453.